The molecule has 0 saturated heterocycles. The zero-order valence-electron chi connectivity index (χ0n) is 35.8. The summed E-state index contributed by atoms with van der Waals surface area (Å²) in [7, 11) is 0. The van der Waals surface area contributed by atoms with Crippen LogP contribution in [0.3, 0.4) is 0 Å². The van der Waals surface area contributed by atoms with Crippen molar-refractivity contribution in [2.45, 2.75) is 155 Å². The Balaban J connectivity index is 4.64. The molecule has 0 rings (SSSR count). The van der Waals surface area contributed by atoms with Gasteiger partial charge in [-0.05, 0) is 109 Å². The van der Waals surface area contributed by atoms with Crippen LogP contribution in [-0.2, 0) is 28.6 Å². The van der Waals surface area contributed by atoms with E-state index in [2.05, 4.69) is 142 Å². The number of ether oxygens (including phenoxy) is 3. The van der Waals surface area contributed by atoms with Crippen LogP contribution in [0.5, 0.6) is 0 Å². The van der Waals surface area contributed by atoms with E-state index in [1.54, 1.807) is 0 Å². The van der Waals surface area contributed by atoms with Crippen molar-refractivity contribution in [2.24, 2.45) is 0 Å². The molecule has 0 bridgehead atoms. The Bertz CT molecular complexity index is 1320. The van der Waals surface area contributed by atoms with E-state index in [-0.39, 0.29) is 44.4 Å². The Hall–Kier alpha value is -4.45. The molecule has 0 saturated carbocycles. The molecule has 6 nitrogen and oxygen atoms in total. The van der Waals surface area contributed by atoms with E-state index in [1.165, 1.54) is 0 Å². The molecule has 316 valence electrons. The third-order valence-electron chi connectivity index (χ3n) is 8.14. The molecule has 0 N–H and O–H groups in total. The molecule has 0 aliphatic heterocycles. The standard InChI is InChI=1S/C51H76O6/c1-4-7-10-13-16-19-22-24-25-26-27-30-32-35-38-41-44-50(53)56-47-48(46-55-49(52)43-40-37-34-31-28-21-18-15-12-9-6-3)57-51(54)45-42-39-36-33-29-23-20-17-14-11-8-5-2/h7-12,16-21,24-25,27,29-31,33-35,38,48H,4-6,13-15,22-23,26,28,32,36-37,39-47H2,1-3H3/b10-7-,11-8-,12-9-,19-16-,20-17-,21-18-,25-24-,30-27-,33-29-,34-31-,38-35-. The maximum absolute atomic E-state index is 12.7. The predicted molar refractivity (Wildman–Crippen MR) is 242 cm³/mol. The van der Waals surface area contributed by atoms with Gasteiger partial charge in [-0.2, -0.15) is 0 Å². The molecular weight excluding hydrogens is 709 g/mol. The average molecular weight is 785 g/mol. The molecule has 0 aromatic heterocycles. The minimum Gasteiger partial charge on any atom is -0.462 e. The second-order valence-corrected chi connectivity index (χ2v) is 13.5. The van der Waals surface area contributed by atoms with Crippen molar-refractivity contribution in [3.05, 3.63) is 134 Å². The quantitative estimate of drug-likeness (QED) is 0.0272. The Morgan fingerprint density at radius 1 is 0.351 bits per heavy atom. The highest BCUT2D eigenvalue weighted by Crippen LogP contribution is 2.08. The normalized spacial score (nSPS) is 13.4. The topological polar surface area (TPSA) is 78.9 Å². The highest BCUT2D eigenvalue weighted by Gasteiger charge is 2.19. The van der Waals surface area contributed by atoms with E-state index < -0.39 is 12.1 Å². The average Bonchev–Trinajstić information content (AvgIpc) is 3.21. The lowest BCUT2D eigenvalue weighted by Gasteiger charge is -2.18. The minimum absolute atomic E-state index is 0.149. The van der Waals surface area contributed by atoms with Crippen LogP contribution < -0.4 is 0 Å². The predicted octanol–water partition coefficient (Wildman–Crippen LogP) is 14.0. The zero-order chi connectivity index (χ0) is 41.5. The third-order valence-corrected chi connectivity index (χ3v) is 8.14. The largest absolute Gasteiger partial charge is 0.462 e. The lowest BCUT2D eigenvalue weighted by molar-refractivity contribution is -0.166. The summed E-state index contributed by atoms with van der Waals surface area (Å²) in [5, 5.41) is 0. The van der Waals surface area contributed by atoms with E-state index in [0.29, 0.717) is 19.3 Å². The molecule has 1 unspecified atom stereocenters. The molecule has 0 fully saturated rings. The first-order valence-electron chi connectivity index (χ1n) is 21.7. The highest BCUT2D eigenvalue weighted by atomic mass is 16.6. The molecule has 0 radical (unpaired) electrons. The van der Waals surface area contributed by atoms with Gasteiger partial charge in [0.15, 0.2) is 6.10 Å². The Kier molecular flexibility index (Phi) is 40.8. The summed E-state index contributed by atoms with van der Waals surface area (Å²) in [6.45, 7) is 6.09. The zero-order valence-corrected chi connectivity index (χ0v) is 35.8. The number of rotatable bonds is 36. The second-order valence-electron chi connectivity index (χ2n) is 13.5. The van der Waals surface area contributed by atoms with Gasteiger partial charge in [-0.3, -0.25) is 14.4 Å². The lowest BCUT2D eigenvalue weighted by Crippen LogP contribution is -2.30. The SMILES string of the molecule is CC/C=C\C/C=C\C/C=C\C/C=C\C/C=C\CCC(=O)OCC(COC(=O)CCC/C=C\C/C=C\C/C=C\CC)OC(=O)CCCC/C=C\C/C=C\C/C=C\CC. The van der Waals surface area contributed by atoms with Crippen molar-refractivity contribution in [3.8, 4) is 0 Å². The number of carbonyl (C=O) groups is 3. The number of carbonyl (C=O) groups excluding carboxylic acids is 3. The van der Waals surface area contributed by atoms with Crippen LogP contribution in [0.25, 0.3) is 0 Å². The number of hydrogen-bond acceptors (Lipinski definition) is 6. The van der Waals surface area contributed by atoms with Crippen molar-refractivity contribution in [1.82, 2.24) is 0 Å². The molecule has 0 aliphatic rings. The molecule has 0 aromatic rings. The summed E-state index contributed by atoms with van der Waals surface area (Å²) in [4.78, 5) is 37.6. The van der Waals surface area contributed by atoms with Crippen LogP contribution in [0, 0.1) is 0 Å². The van der Waals surface area contributed by atoms with E-state index in [1.807, 2.05) is 12.2 Å². The fourth-order valence-corrected chi connectivity index (χ4v) is 5.00. The summed E-state index contributed by atoms with van der Waals surface area (Å²) in [6, 6.07) is 0. The van der Waals surface area contributed by atoms with Crippen LogP contribution in [0.15, 0.2) is 134 Å². The van der Waals surface area contributed by atoms with Gasteiger partial charge in [-0.15, -0.1) is 0 Å². The summed E-state index contributed by atoms with van der Waals surface area (Å²) in [5.41, 5.74) is 0. The van der Waals surface area contributed by atoms with Crippen molar-refractivity contribution in [1.29, 1.82) is 0 Å². The molecule has 6 heteroatoms. The Morgan fingerprint density at radius 2 is 0.667 bits per heavy atom. The van der Waals surface area contributed by atoms with Gasteiger partial charge in [-0.25, -0.2) is 0 Å². The molecule has 1 atom stereocenters. The van der Waals surface area contributed by atoms with Gasteiger partial charge >= 0.3 is 17.9 Å². The number of hydrogen-bond donors (Lipinski definition) is 0. The van der Waals surface area contributed by atoms with Gasteiger partial charge in [0.1, 0.15) is 13.2 Å². The summed E-state index contributed by atoms with van der Waals surface area (Å²) >= 11 is 0. The van der Waals surface area contributed by atoms with Crippen LogP contribution >= 0.6 is 0 Å². The number of esters is 3. The summed E-state index contributed by atoms with van der Waals surface area (Å²) in [5.74, 6) is -1.14. The molecule has 0 amide bonds. The van der Waals surface area contributed by atoms with Gasteiger partial charge < -0.3 is 14.2 Å². The van der Waals surface area contributed by atoms with E-state index >= 15 is 0 Å². The molecule has 0 heterocycles. The summed E-state index contributed by atoms with van der Waals surface area (Å²) in [6.07, 6.45) is 61.8. The fourth-order valence-electron chi connectivity index (χ4n) is 5.00. The molecule has 57 heavy (non-hydrogen) atoms. The second kappa shape index (κ2) is 44.3. The first kappa shape index (κ1) is 52.6. The maximum Gasteiger partial charge on any atom is 0.306 e. The van der Waals surface area contributed by atoms with Crippen molar-refractivity contribution >= 4 is 17.9 Å². The maximum atomic E-state index is 12.7. The Morgan fingerprint density at radius 3 is 1.07 bits per heavy atom. The minimum atomic E-state index is -0.850. The van der Waals surface area contributed by atoms with Gasteiger partial charge in [0.05, 0.1) is 0 Å². The van der Waals surface area contributed by atoms with Gasteiger partial charge in [0.25, 0.3) is 0 Å². The van der Waals surface area contributed by atoms with Gasteiger partial charge in [0, 0.05) is 19.3 Å². The first-order valence-corrected chi connectivity index (χ1v) is 21.7. The first-order chi connectivity index (χ1) is 28.0. The van der Waals surface area contributed by atoms with Crippen LogP contribution in [0.4, 0.5) is 0 Å². The van der Waals surface area contributed by atoms with E-state index in [9.17, 15) is 14.4 Å². The monoisotopic (exact) mass is 785 g/mol. The molecule has 0 aliphatic carbocycles. The van der Waals surface area contributed by atoms with Crippen LogP contribution in [0.1, 0.15) is 149 Å². The van der Waals surface area contributed by atoms with Crippen LogP contribution in [0.2, 0.25) is 0 Å². The fraction of sp³-hybridized carbons (Fsp3) is 0.510. The summed E-state index contributed by atoms with van der Waals surface area (Å²) < 4.78 is 16.5. The third kappa shape index (κ3) is 42.5. The van der Waals surface area contributed by atoms with Crippen LogP contribution in [-0.4, -0.2) is 37.2 Å². The smallest absolute Gasteiger partial charge is 0.306 e. The van der Waals surface area contributed by atoms with Gasteiger partial charge in [-0.1, -0.05) is 154 Å². The van der Waals surface area contributed by atoms with Crippen molar-refractivity contribution < 1.29 is 28.6 Å². The number of allylic oxidation sites excluding steroid dienone is 22. The Labute approximate surface area is 347 Å². The van der Waals surface area contributed by atoms with Crippen molar-refractivity contribution in [3.63, 3.8) is 0 Å². The highest BCUT2D eigenvalue weighted by molar-refractivity contribution is 5.71. The lowest BCUT2D eigenvalue weighted by atomic mass is 10.2. The molecule has 0 aromatic carbocycles. The van der Waals surface area contributed by atoms with E-state index in [0.717, 1.165) is 89.9 Å². The van der Waals surface area contributed by atoms with Crippen molar-refractivity contribution in [2.75, 3.05) is 13.2 Å². The molecular formula is C51H76O6. The number of unbranched alkanes of at least 4 members (excludes halogenated alkanes) is 3. The van der Waals surface area contributed by atoms with Gasteiger partial charge in [0.2, 0.25) is 0 Å². The molecule has 0 spiro atoms. The van der Waals surface area contributed by atoms with E-state index in [4.69, 9.17) is 14.2 Å².